The molecule has 5 nitrogen and oxygen atoms in total. The van der Waals surface area contributed by atoms with Gasteiger partial charge in [0.25, 0.3) is 0 Å². The molecule has 0 spiro atoms. The SMILES string of the molecule is CC1NCCC1C(=O)N1C(C)SCC1C(=O)O. The Kier molecular flexibility index (Phi) is 3.63. The molecule has 0 aromatic heterocycles. The molecule has 0 bridgehead atoms. The fourth-order valence-electron chi connectivity index (χ4n) is 2.56. The van der Waals surface area contributed by atoms with Crippen molar-refractivity contribution < 1.29 is 14.7 Å². The molecule has 0 aromatic rings. The van der Waals surface area contributed by atoms with Crippen LogP contribution in [0.1, 0.15) is 20.3 Å². The number of rotatable bonds is 2. The third kappa shape index (κ3) is 2.28. The van der Waals surface area contributed by atoms with E-state index < -0.39 is 12.0 Å². The van der Waals surface area contributed by atoms with Crippen LogP contribution in [0, 0.1) is 5.92 Å². The first kappa shape index (κ1) is 12.7. The van der Waals surface area contributed by atoms with Crippen molar-refractivity contribution in [1.29, 1.82) is 0 Å². The van der Waals surface area contributed by atoms with Gasteiger partial charge in [0.2, 0.25) is 5.91 Å². The zero-order valence-corrected chi connectivity index (χ0v) is 10.9. The van der Waals surface area contributed by atoms with Crippen LogP contribution >= 0.6 is 11.8 Å². The molecule has 0 saturated carbocycles. The second-order valence-electron chi connectivity index (χ2n) is 4.67. The second kappa shape index (κ2) is 4.86. The van der Waals surface area contributed by atoms with E-state index >= 15 is 0 Å². The van der Waals surface area contributed by atoms with Crippen molar-refractivity contribution in [1.82, 2.24) is 10.2 Å². The Bertz CT molecular complexity index is 337. The summed E-state index contributed by atoms with van der Waals surface area (Å²) in [5, 5.41) is 12.3. The van der Waals surface area contributed by atoms with Gasteiger partial charge in [-0.05, 0) is 26.8 Å². The van der Waals surface area contributed by atoms with Crippen LogP contribution in [0.15, 0.2) is 0 Å². The molecule has 2 N–H and O–H groups in total. The van der Waals surface area contributed by atoms with Gasteiger partial charge in [-0.2, -0.15) is 0 Å². The lowest BCUT2D eigenvalue weighted by Crippen LogP contribution is -2.49. The molecule has 2 fully saturated rings. The largest absolute Gasteiger partial charge is 0.480 e. The van der Waals surface area contributed by atoms with Gasteiger partial charge in [-0.15, -0.1) is 11.8 Å². The van der Waals surface area contributed by atoms with Crippen molar-refractivity contribution >= 4 is 23.6 Å². The van der Waals surface area contributed by atoms with Crippen molar-refractivity contribution in [3.05, 3.63) is 0 Å². The summed E-state index contributed by atoms with van der Waals surface area (Å²) in [5.41, 5.74) is 0. The van der Waals surface area contributed by atoms with E-state index in [-0.39, 0.29) is 23.2 Å². The zero-order chi connectivity index (χ0) is 12.6. The Morgan fingerprint density at radius 3 is 2.65 bits per heavy atom. The minimum atomic E-state index is -0.895. The van der Waals surface area contributed by atoms with Crippen molar-refractivity contribution in [3.8, 4) is 0 Å². The summed E-state index contributed by atoms with van der Waals surface area (Å²) in [6.45, 7) is 4.72. The maximum Gasteiger partial charge on any atom is 0.327 e. The number of nitrogens with one attached hydrogen (secondary N) is 1. The average molecular weight is 258 g/mol. The Labute approximate surface area is 105 Å². The van der Waals surface area contributed by atoms with Gasteiger partial charge in [0.15, 0.2) is 0 Å². The predicted molar refractivity (Wildman–Crippen MR) is 65.8 cm³/mol. The topological polar surface area (TPSA) is 69.6 Å². The quantitative estimate of drug-likeness (QED) is 0.748. The van der Waals surface area contributed by atoms with Crippen LogP contribution in [0.3, 0.4) is 0 Å². The maximum atomic E-state index is 12.4. The van der Waals surface area contributed by atoms with Crippen LogP contribution < -0.4 is 5.32 Å². The van der Waals surface area contributed by atoms with Gasteiger partial charge >= 0.3 is 5.97 Å². The lowest BCUT2D eigenvalue weighted by Gasteiger charge is -2.29. The van der Waals surface area contributed by atoms with E-state index in [9.17, 15) is 9.59 Å². The molecular formula is C11H18N2O3S. The highest BCUT2D eigenvalue weighted by Crippen LogP contribution is 2.32. The molecule has 0 radical (unpaired) electrons. The average Bonchev–Trinajstić information content (AvgIpc) is 2.83. The molecule has 2 aliphatic rings. The Balaban J connectivity index is 2.13. The molecule has 2 heterocycles. The first-order valence-corrected chi connectivity index (χ1v) is 6.97. The van der Waals surface area contributed by atoms with Crippen molar-refractivity contribution in [2.24, 2.45) is 5.92 Å². The van der Waals surface area contributed by atoms with Gasteiger partial charge in [-0.25, -0.2) is 4.79 Å². The molecule has 0 aliphatic carbocycles. The van der Waals surface area contributed by atoms with Crippen molar-refractivity contribution in [2.45, 2.75) is 37.7 Å². The Morgan fingerprint density at radius 2 is 2.12 bits per heavy atom. The Hall–Kier alpha value is -0.750. The predicted octanol–water partition coefficient (Wildman–Crippen LogP) is 0.359. The van der Waals surface area contributed by atoms with E-state index in [0.717, 1.165) is 13.0 Å². The maximum absolute atomic E-state index is 12.4. The van der Waals surface area contributed by atoms with Gasteiger partial charge in [0.1, 0.15) is 6.04 Å². The van der Waals surface area contributed by atoms with E-state index in [1.165, 1.54) is 11.8 Å². The molecule has 2 rings (SSSR count). The monoisotopic (exact) mass is 258 g/mol. The van der Waals surface area contributed by atoms with Crippen LogP contribution in [0.4, 0.5) is 0 Å². The van der Waals surface area contributed by atoms with E-state index in [1.807, 2.05) is 13.8 Å². The van der Waals surface area contributed by atoms with E-state index in [2.05, 4.69) is 5.32 Å². The summed E-state index contributed by atoms with van der Waals surface area (Å²) in [6.07, 6.45) is 0.806. The molecule has 17 heavy (non-hydrogen) atoms. The summed E-state index contributed by atoms with van der Waals surface area (Å²) < 4.78 is 0. The molecule has 4 atom stereocenters. The summed E-state index contributed by atoms with van der Waals surface area (Å²) in [4.78, 5) is 25.1. The van der Waals surface area contributed by atoms with Crippen LogP contribution in [-0.4, -0.2) is 51.6 Å². The van der Waals surface area contributed by atoms with Gasteiger partial charge in [-0.3, -0.25) is 4.79 Å². The smallest absolute Gasteiger partial charge is 0.327 e. The number of carbonyl (C=O) groups is 2. The summed E-state index contributed by atoms with van der Waals surface area (Å²) in [7, 11) is 0. The summed E-state index contributed by atoms with van der Waals surface area (Å²) >= 11 is 1.53. The second-order valence-corrected chi connectivity index (χ2v) is 6.02. The van der Waals surface area contributed by atoms with Gasteiger partial charge in [0, 0.05) is 11.8 Å². The van der Waals surface area contributed by atoms with Crippen LogP contribution in [-0.2, 0) is 9.59 Å². The highest BCUT2D eigenvalue weighted by molar-refractivity contribution is 8.00. The molecule has 2 aliphatic heterocycles. The summed E-state index contributed by atoms with van der Waals surface area (Å²) in [6, 6.07) is -0.509. The van der Waals surface area contributed by atoms with E-state index in [4.69, 9.17) is 5.11 Å². The summed E-state index contributed by atoms with van der Waals surface area (Å²) in [5.74, 6) is -0.476. The van der Waals surface area contributed by atoms with Gasteiger partial charge in [0.05, 0.1) is 11.3 Å². The lowest BCUT2D eigenvalue weighted by atomic mass is 9.99. The fraction of sp³-hybridized carbons (Fsp3) is 0.818. The fourth-order valence-corrected chi connectivity index (χ4v) is 3.73. The lowest BCUT2D eigenvalue weighted by molar-refractivity contribution is -0.150. The highest BCUT2D eigenvalue weighted by Gasteiger charge is 2.43. The van der Waals surface area contributed by atoms with Crippen LogP contribution in [0.2, 0.25) is 0 Å². The van der Waals surface area contributed by atoms with Crippen molar-refractivity contribution in [3.63, 3.8) is 0 Å². The third-order valence-electron chi connectivity index (χ3n) is 3.60. The number of carboxylic acid groups (broad SMARTS) is 1. The minimum Gasteiger partial charge on any atom is -0.480 e. The van der Waals surface area contributed by atoms with Crippen molar-refractivity contribution in [2.75, 3.05) is 12.3 Å². The molecular weight excluding hydrogens is 240 g/mol. The first-order chi connectivity index (χ1) is 8.02. The molecule has 96 valence electrons. The molecule has 1 amide bonds. The number of amides is 1. The highest BCUT2D eigenvalue weighted by atomic mass is 32.2. The van der Waals surface area contributed by atoms with E-state index in [1.54, 1.807) is 4.90 Å². The first-order valence-electron chi connectivity index (χ1n) is 5.92. The van der Waals surface area contributed by atoms with E-state index in [0.29, 0.717) is 5.75 Å². The zero-order valence-electron chi connectivity index (χ0n) is 10.0. The number of hydrogen-bond acceptors (Lipinski definition) is 4. The van der Waals surface area contributed by atoms with Crippen LogP contribution in [0.25, 0.3) is 0 Å². The number of thioether (sulfide) groups is 1. The number of carbonyl (C=O) groups excluding carboxylic acids is 1. The minimum absolute atomic E-state index is 0.00704. The number of aliphatic carboxylic acids is 1. The Morgan fingerprint density at radius 1 is 1.41 bits per heavy atom. The molecule has 6 heteroatoms. The number of hydrogen-bond donors (Lipinski definition) is 2. The van der Waals surface area contributed by atoms with Crippen LogP contribution in [0.5, 0.6) is 0 Å². The third-order valence-corrected chi connectivity index (χ3v) is 4.82. The standard InChI is InChI=1S/C11H18N2O3S/c1-6-8(3-4-12-6)10(14)13-7(2)17-5-9(13)11(15)16/h6-9,12H,3-5H2,1-2H3,(H,15,16). The number of carboxylic acids is 1. The molecule has 0 aromatic carbocycles. The van der Waals surface area contributed by atoms with Gasteiger partial charge < -0.3 is 15.3 Å². The molecule has 2 saturated heterocycles. The normalized spacial score (nSPS) is 37.4. The van der Waals surface area contributed by atoms with Gasteiger partial charge in [-0.1, -0.05) is 0 Å². The number of nitrogens with zero attached hydrogens (tertiary/aromatic N) is 1. The molecule has 4 unspecified atom stereocenters.